The first-order chi connectivity index (χ1) is 17.6. The number of benzene rings is 1. The molecule has 2 saturated heterocycles. The minimum atomic E-state index is -0.0312. The van der Waals surface area contributed by atoms with Gasteiger partial charge in [0.25, 0.3) is 5.91 Å². The van der Waals surface area contributed by atoms with Crippen molar-refractivity contribution in [1.82, 2.24) is 25.1 Å². The third kappa shape index (κ3) is 6.86. The Morgan fingerprint density at radius 2 is 1.68 bits per heavy atom. The van der Waals surface area contributed by atoms with Crippen molar-refractivity contribution in [3.8, 4) is 0 Å². The predicted molar refractivity (Wildman–Crippen MR) is 147 cm³/mol. The van der Waals surface area contributed by atoms with Crippen LogP contribution in [0, 0.1) is 6.92 Å². The molecule has 0 aliphatic carbocycles. The third-order valence-electron chi connectivity index (χ3n) is 7.69. The van der Waals surface area contributed by atoms with Crippen LogP contribution in [0.5, 0.6) is 0 Å². The van der Waals surface area contributed by atoms with E-state index >= 15 is 0 Å². The van der Waals surface area contributed by atoms with Crippen LogP contribution >= 0.6 is 0 Å². The Hall–Kier alpha value is -3.00. The van der Waals surface area contributed by atoms with Gasteiger partial charge in [0.05, 0.1) is 0 Å². The molecule has 8 heteroatoms. The van der Waals surface area contributed by atoms with Gasteiger partial charge in [-0.3, -0.25) is 9.59 Å². The quantitative estimate of drug-likeness (QED) is 0.618. The summed E-state index contributed by atoms with van der Waals surface area (Å²) in [6.07, 6.45) is 5.42. The number of hydrogen-bond donors (Lipinski definition) is 2. The summed E-state index contributed by atoms with van der Waals surface area (Å²) in [4.78, 5) is 37.7. The molecule has 1 aromatic heterocycles. The van der Waals surface area contributed by atoms with Crippen molar-refractivity contribution in [3.63, 3.8) is 0 Å². The van der Waals surface area contributed by atoms with E-state index in [9.17, 15) is 9.59 Å². The van der Waals surface area contributed by atoms with Crippen LogP contribution in [0.3, 0.4) is 0 Å². The zero-order chi connectivity index (χ0) is 26.6. The van der Waals surface area contributed by atoms with E-state index in [1.54, 1.807) is 6.92 Å². The molecule has 200 valence electrons. The first kappa shape index (κ1) is 27.0. The molecule has 0 unspecified atom stereocenters. The molecular weight excluding hydrogens is 464 g/mol. The number of nitrogens with zero attached hydrogens (tertiary/aromatic N) is 4. The SMILES string of the molecule is CC(=O)N1CCC[C@@H](NC2CCN(C(=O)c3ncnc(NCc4ccc(C(C)(C)C)cc4)c3C)CC2)C1. The zero-order valence-electron chi connectivity index (χ0n) is 23.0. The molecule has 4 rings (SSSR count). The summed E-state index contributed by atoms with van der Waals surface area (Å²) in [6.45, 7) is 13.9. The van der Waals surface area contributed by atoms with E-state index in [4.69, 9.17) is 0 Å². The molecular formula is C29H42N6O2. The minimum absolute atomic E-state index is 0.0312. The lowest BCUT2D eigenvalue weighted by molar-refractivity contribution is -0.130. The topological polar surface area (TPSA) is 90.5 Å². The van der Waals surface area contributed by atoms with Gasteiger partial charge in [0.1, 0.15) is 17.8 Å². The molecule has 0 bridgehead atoms. The molecule has 1 atom stereocenters. The van der Waals surface area contributed by atoms with E-state index < -0.39 is 0 Å². The highest BCUT2D eigenvalue weighted by Crippen LogP contribution is 2.23. The second-order valence-electron chi connectivity index (χ2n) is 11.5. The van der Waals surface area contributed by atoms with Crippen LogP contribution in [0.25, 0.3) is 0 Å². The van der Waals surface area contributed by atoms with Gasteiger partial charge < -0.3 is 20.4 Å². The summed E-state index contributed by atoms with van der Waals surface area (Å²) in [5.41, 5.74) is 3.85. The van der Waals surface area contributed by atoms with Crippen molar-refractivity contribution in [3.05, 3.63) is 53.0 Å². The highest BCUT2D eigenvalue weighted by atomic mass is 16.2. The maximum absolute atomic E-state index is 13.3. The van der Waals surface area contributed by atoms with E-state index in [0.717, 1.165) is 49.9 Å². The van der Waals surface area contributed by atoms with Crippen LogP contribution in [0.2, 0.25) is 0 Å². The number of carbonyl (C=O) groups is 2. The van der Waals surface area contributed by atoms with Gasteiger partial charge in [0, 0.05) is 57.3 Å². The minimum Gasteiger partial charge on any atom is -0.366 e. The summed E-state index contributed by atoms with van der Waals surface area (Å²) in [5, 5.41) is 7.13. The molecule has 0 spiro atoms. The van der Waals surface area contributed by atoms with Crippen LogP contribution in [0.15, 0.2) is 30.6 Å². The molecule has 2 amide bonds. The Kier molecular flexibility index (Phi) is 8.47. The van der Waals surface area contributed by atoms with Gasteiger partial charge in [-0.05, 0) is 49.1 Å². The van der Waals surface area contributed by atoms with E-state index in [1.165, 1.54) is 11.9 Å². The number of piperidine rings is 2. The molecule has 2 fully saturated rings. The molecule has 1 aromatic carbocycles. The van der Waals surface area contributed by atoms with Gasteiger partial charge in [0.2, 0.25) is 5.91 Å². The zero-order valence-corrected chi connectivity index (χ0v) is 23.0. The maximum atomic E-state index is 13.3. The molecule has 0 saturated carbocycles. The van der Waals surface area contributed by atoms with Crippen molar-refractivity contribution in [2.45, 2.75) is 84.3 Å². The fraction of sp³-hybridized carbons (Fsp3) is 0.586. The highest BCUT2D eigenvalue weighted by molar-refractivity contribution is 5.94. The molecule has 2 N–H and O–H groups in total. The summed E-state index contributed by atoms with van der Waals surface area (Å²) in [5.74, 6) is 0.818. The second kappa shape index (κ2) is 11.6. The lowest BCUT2D eigenvalue weighted by Gasteiger charge is -2.38. The number of aromatic nitrogens is 2. The van der Waals surface area contributed by atoms with Crippen LogP contribution in [0.4, 0.5) is 5.82 Å². The first-order valence-corrected chi connectivity index (χ1v) is 13.6. The van der Waals surface area contributed by atoms with Crippen LogP contribution in [0.1, 0.15) is 80.6 Å². The third-order valence-corrected chi connectivity index (χ3v) is 7.69. The van der Waals surface area contributed by atoms with Crippen LogP contribution < -0.4 is 10.6 Å². The van der Waals surface area contributed by atoms with Gasteiger partial charge >= 0.3 is 0 Å². The first-order valence-electron chi connectivity index (χ1n) is 13.6. The number of likely N-dealkylation sites (tertiary alicyclic amines) is 2. The predicted octanol–water partition coefficient (Wildman–Crippen LogP) is 3.90. The van der Waals surface area contributed by atoms with Crippen LogP contribution in [-0.2, 0) is 16.8 Å². The lowest BCUT2D eigenvalue weighted by atomic mass is 9.87. The summed E-state index contributed by atoms with van der Waals surface area (Å²) >= 11 is 0. The monoisotopic (exact) mass is 506 g/mol. The number of carbonyl (C=O) groups excluding carboxylic acids is 2. The van der Waals surface area contributed by atoms with Gasteiger partial charge in [-0.1, -0.05) is 45.0 Å². The van der Waals surface area contributed by atoms with Gasteiger partial charge in [-0.25, -0.2) is 9.97 Å². The van der Waals surface area contributed by atoms with Crippen molar-refractivity contribution >= 4 is 17.6 Å². The largest absolute Gasteiger partial charge is 0.366 e. The van der Waals surface area contributed by atoms with E-state index in [2.05, 4.69) is 65.6 Å². The van der Waals surface area contributed by atoms with E-state index in [-0.39, 0.29) is 17.2 Å². The average Bonchev–Trinajstić information content (AvgIpc) is 2.88. The van der Waals surface area contributed by atoms with Gasteiger partial charge in [-0.15, -0.1) is 0 Å². The molecule has 37 heavy (non-hydrogen) atoms. The Bertz CT molecular complexity index is 1090. The Balaban J connectivity index is 1.31. The van der Waals surface area contributed by atoms with Gasteiger partial charge in [-0.2, -0.15) is 0 Å². The average molecular weight is 507 g/mol. The number of anilines is 1. The molecule has 2 aromatic rings. The molecule has 8 nitrogen and oxygen atoms in total. The van der Waals surface area contributed by atoms with E-state index in [1.807, 2.05) is 16.7 Å². The molecule has 0 radical (unpaired) electrons. The van der Waals surface area contributed by atoms with Crippen molar-refractivity contribution < 1.29 is 9.59 Å². The molecule has 2 aliphatic rings. The summed E-state index contributed by atoms with van der Waals surface area (Å²) in [7, 11) is 0. The van der Waals surface area contributed by atoms with Crippen molar-refractivity contribution in [2.24, 2.45) is 0 Å². The summed E-state index contributed by atoms with van der Waals surface area (Å²) in [6, 6.07) is 9.33. The Morgan fingerprint density at radius 3 is 2.32 bits per heavy atom. The number of nitrogens with one attached hydrogen (secondary N) is 2. The maximum Gasteiger partial charge on any atom is 0.272 e. The molecule has 2 aliphatic heterocycles. The fourth-order valence-corrected chi connectivity index (χ4v) is 5.28. The smallest absolute Gasteiger partial charge is 0.272 e. The normalized spacial score (nSPS) is 19.1. The lowest BCUT2D eigenvalue weighted by Crippen LogP contribution is -2.53. The number of amides is 2. The molecule has 3 heterocycles. The standard InChI is InChI=1S/C29H42N6O2/c1-20-26(31-19-32-27(20)30-17-22-8-10-23(11-9-22)29(3,4)5)28(37)34-15-12-24(13-16-34)33-25-7-6-14-35(18-25)21(2)36/h8-11,19,24-25,33H,6-7,12-18H2,1-5H3,(H,30,31,32)/t25-/m1/s1. The number of rotatable bonds is 6. The van der Waals surface area contributed by atoms with Gasteiger partial charge in [0.15, 0.2) is 0 Å². The Labute approximate surface area is 221 Å². The highest BCUT2D eigenvalue weighted by Gasteiger charge is 2.29. The van der Waals surface area contributed by atoms with Crippen molar-refractivity contribution in [1.29, 1.82) is 0 Å². The second-order valence-corrected chi connectivity index (χ2v) is 11.5. The summed E-state index contributed by atoms with van der Waals surface area (Å²) < 4.78 is 0. The Morgan fingerprint density at radius 1 is 0.973 bits per heavy atom. The number of hydrogen-bond acceptors (Lipinski definition) is 6. The van der Waals surface area contributed by atoms with Crippen molar-refractivity contribution in [2.75, 3.05) is 31.5 Å². The van der Waals surface area contributed by atoms with E-state index in [0.29, 0.717) is 43.2 Å². The fourth-order valence-electron chi connectivity index (χ4n) is 5.28. The van der Waals surface area contributed by atoms with Crippen LogP contribution in [-0.4, -0.2) is 69.8 Å².